The van der Waals surface area contributed by atoms with Crippen LogP contribution in [0.15, 0.2) is 46.4 Å². The molecule has 1 aliphatic rings. The van der Waals surface area contributed by atoms with Crippen molar-refractivity contribution in [3.8, 4) is 0 Å². The molecule has 40 heavy (non-hydrogen) atoms. The monoisotopic (exact) mass is 588 g/mol. The number of aromatic nitrogens is 2. The van der Waals surface area contributed by atoms with Crippen molar-refractivity contribution in [2.75, 3.05) is 56.9 Å². The fourth-order valence-electron chi connectivity index (χ4n) is 4.30. The summed E-state index contributed by atoms with van der Waals surface area (Å²) in [6, 6.07) is 9.91. The number of fused-ring (bicyclic) bond motifs is 1. The van der Waals surface area contributed by atoms with Crippen LogP contribution in [0.25, 0.3) is 10.3 Å². The fourth-order valence-corrected chi connectivity index (χ4v) is 6.41. The molecule has 0 saturated heterocycles. The molecule has 0 spiro atoms. The Bertz CT molecular complexity index is 1420. The molecular weight excluding hydrogens is 552 g/mol. The van der Waals surface area contributed by atoms with E-state index in [1.54, 1.807) is 12.1 Å². The zero-order valence-corrected chi connectivity index (χ0v) is 24.7. The highest BCUT2D eigenvalue weighted by atomic mass is 32.2. The van der Waals surface area contributed by atoms with Gasteiger partial charge >= 0.3 is 0 Å². The summed E-state index contributed by atoms with van der Waals surface area (Å²) in [5.74, 6) is 0.290. The molecule has 2 aromatic heterocycles. The molecule has 0 unspecified atom stereocenters. The Kier molecular flexibility index (Phi) is 10.4. The van der Waals surface area contributed by atoms with Crippen molar-refractivity contribution >= 4 is 54.1 Å². The van der Waals surface area contributed by atoms with Crippen LogP contribution in [-0.2, 0) is 24.2 Å². The van der Waals surface area contributed by atoms with Gasteiger partial charge in [-0.1, -0.05) is 28.6 Å². The van der Waals surface area contributed by atoms with Gasteiger partial charge in [-0.25, -0.2) is 18.4 Å². The molecule has 1 fully saturated rings. The number of oxime groups is 1. The Labute approximate surface area is 238 Å². The predicted octanol–water partition coefficient (Wildman–Crippen LogP) is 3.46. The number of anilines is 2. The van der Waals surface area contributed by atoms with Gasteiger partial charge in [-0.2, -0.15) is 0 Å². The van der Waals surface area contributed by atoms with Crippen LogP contribution in [0.2, 0.25) is 0 Å². The molecule has 1 aliphatic carbocycles. The van der Waals surface area contributed by atoms with E-state index in [0.717, 1.165) is 44.6 Å². The van der Waals surface area contributed by atoms with Gasteiger partial charge in [0, 0.05) is 39.4 Å². The van der Waals surface area contributed by atoms with Crippen molar-refractivity contribution in [3.05, 3.63) is 42.0 Å². The molecule has 0 aliphatic heterocycles. The minimum Gasteiger partial charge on any atom is -0.392 e. The van der Waals surface area contributed by atoms with Crippen LogP contribution in [0.1, 0.15) is 37.7 Å². The summed E-state index contributed by atoms with van der Waals surface area (Å²) in [5, 5.41) is 10.6. The first-order chi connectivity index (χ1) is 19.3. The van der Waals surface area contributed by atoms with Gasteiger partial charge in [-0.15, -0.1) is 0 Å². The highest BCUT2D eigenvalue weighted by Crippen LogP contribution is 2.27. The minimum absolute atomic E-state index is 0.0228. The highest BCUT2D eigenvalue weighted by Gasteiger charge is 2.22. The predicted molar refractivity (Wildman–Crippen MR) is 158 cm³/mol. The van der Waals surface area contributed by atoms with Crippen molar-refractivity contribution in [2.24, 2.45) is 5.16 Å². The number of sulfone groups is 1. The number of hydrogen-bond donors (Lipinski definition) is 2. The summed E-state index contributed by atoms with van der Waals surface area (Å²) in [7, 11) is 1.94. The maximum atomic E-state index is 13.4. The van der Waals surface area contributed by atoms with E-state index in [9.17, 15) is 13.2 Å². The molecule has 2 heterocycles. The maximum Gasteiger partial charge on any atom is 0.280 e. The largest absolute Gasteiger partial charge is 0.392 e. The van der Waals surface area contributed by atoms with E-state index >= 15 is 0 Å². The number of rotatable bonds is 14. The third kappa shape index (κ3) is 7.74. The Hall–Kier alpha value is -3.13. The second kappa shape index (κ2) is 14.0. The Morgan fingerprint density at radius 3 is 2.60 bits per heavy atom. The SMILES string of the molecule is CNCCN(C)c1ccc2nc(NC(=O)/C(=N/OC3CCCC3)c3ccc(S(=O)(=O)CCCOC)cc3)sc2n1. The lowest BCUT2D eigenvalue weighted by molar-refractivity contribution is -0.110. The molecule has 216 valence electrons. The van der Waals surface area contributed by atoms with Gasteiger partial charge < -0.3 is 19.8 Å². The van der Waals surface area contributed by atoms with Crippen molar-refractivity contribution in [1.29, 1.82) is 0 Å². The standard InChI is InChI=1S/C27H36N6O5S2/c1-28-15-16-33(2)23-14-13-22-26(30-23)39-27(29-22)31-25(34)24(32-38-20-7-4-5-8-20)19-9-11-21(12-10-19)40(35,36)18-6-17-37-3/h9-14,20,28H,4-8,15-18H2,1-3H3,(H,29,31,34)/b32-24+. The number of benzene rings is 1. The molecule has 4 rings (SSSR count). The summed E-state index contributed by atoms with van der Waals surface area (Å²) >= 11 is 1.27. The smallest absolute Gasteiger partial charge is 0.280 e. The summed E-state index contributed by atoms with van der Waals surface area (Å²) in [5.41, 5.74) is 1.17. The maximum absolute atomic E-state index is 13.4. The molecule has 11 nitrogen and oxygen atoms in total. The first-order valence-corrected chi connectivity index (χ1v) is 15.8. The third-order valence-corrected chi connectivity index (χ3v) is 9.31. The minimum atomic E-state index is -3.47. The lowest BCUT2D eigenvalue weighted by Gasteiger charge is -2.17. The molecular formula is C27H36N6O5S2. The quantitative estimate of drug-likeness (QED) is 0.165. The number of ether oxygens (including phenoxy) is 1. The van der Waals surface area contributed by atoms with Crippen LogP contribution in [0.5, 0.6) is 0 Å². The van der Waals surface area contributed by atoms with Gasteiger partial charge in [0.15, 0.2) is 20.7 Å². The highest BCUT2D eigenvalue weighted by molar-refractivity contribution is 7.91. The topological polar surface area (TPSA) is 135 Å². The van der Waals surface area contributed by atoms with Gasteiger partial charge in [0.1, 0.15) is 22.3 Å². The zero-order chi connectivity index (χ0) is 28.5. The first kappa shape index (κ1) is 29.8. The summed E-state index contributed by atoms with van der Waals surface area (Å²) in [6.45, 7) is 1.99. The van der Waals surface area contributed by atoms with E-state index in [0.29, 0.717) is 34.1 Å². The molecule has 1 saturated carbocycles. The summed E-state index contributed by atoms with van der Waals surface area (Å²) in [6.07, 6.45) is 4.23. The number of nitrogens with one attached hydrogen (secondary N) is 2. The van der Waals surface area contributed by atoms with Crippen LogP contribution in [0.4, 0.5) is 10.9 Å². The summed E-state index contributed by atoms with van der Waals surface area (Å²) in [4.78, 5) is 31.3. The number of amides is 1. The number of nitrogens with zero attached hydrogens (tertiary/aromatic N) is 4. The molecule has 2 N–H and O–H groups in total. The van der Waals surface area contributed by atoms with Crippen LogP contribution >= 0.6 is 11.3 Å². The normalized spacial score (nSPS) is 14.5. The van der Waals surface area contributed by atoms with Gasteiger partial charge in [-0.3, -0.25) is 10.1 Å². The average molecular weight is 589 g/mol. The molecule has 13 heteroatoms. The summed E-state index contributed by atoms with van der Waals surface area (Å²) < 4.78 is 30.3. The van der Waals surface area contributed by atoms with E-state index < -0.39 is 15.7 Å². The number of carbonyl (C=O) groups excluding carboxylic acids is 1. The molecule has 3 aromatic rings. The second-order valence-corrected chi connectivity index (χ2v) is 12.7. The lowest BCUT2D eigenvalue weighted by Crippen LogP contribution is -2.27. The molecule has 1 aromatic carbocycles. The van der Waals surface area contributed by atoms with Gasteiger partial charge in [0.05, 0.1) is 10.6 Å². The number of pyridine rings is 1. The Morgan fingerprint density at radius 1 is 1.15 bits per heavy atom. The van der Waals surface area contributed by atoms with E-state index in [1.165, 1.54) is 30.6 Å². The van der Waals surface area contributed by atoms with E-state index in [4.69, 9.17) is 14.6 Å². The number of likely N-dealkylation sites (N-methyl/N-ethyl adjacent to an activating group) is 2. The molecule has 1 amide bonds. The number of methoxy groups -OCH3 is 1. The number of carbonyl (C=O) groups is 1. The average Bonchev–Trinajstić information content (AvgIpc) is 3.61. The van der Waals surface area contributed by atoms with Gasteiger partial charge in [0.2, 0.25) is 0 Å². The van der Waals surface area contributed by atoms with Crippen molar-refractivity contribution < 1.29 is 22.8 Å². The van der Waals surface area contributed by atoms with Crippen LogP contribution < -0.4 is 15.5 Å². The van der Waals surface area contributed by atoms with E-state index in [1.807, 2.05) is 31.1 Å². The zero-order valence-electron chi connectivity index (χ0n) is 23.1. The van der Waals surface area contributed by atoms with Crippen LogP contribution in [0, 0.1) is 0 Å². The fraction of sp³-hybridized carbons (Fsp3) is 0.481. The molecule has 0 bridgehead atoms. The van der Waals surface area contributed by atoms with Gasteiger partial charge in [-0.05, 0) is 63.4 Å². The van der Waals surface area contributed by atoms with Crippen LogP contribution in [-0.4, -0.2) is 82.8 Å². The Morgan fingerprint density at radius 2 is 1.90 bits per heavy atom. The first-order valence-electron chi connectivity index (χ1n) is 13.3. The van der Waals surface area contributed by atoms with Crippen LogP contribution in [0.3, 0.4) is 0 Å². The molecule has 0 atom stereocenters. The molecule has 0 radical (unpaired) electrons. The van der Waals surface area contributed by atoms with E-state index in [-0.39, 0.29) is 22.5 Å². The van der Waals surface area contributed by atoms with Crippen molar-refractivity contribution in [2.45, 2.75) is 43.1 Å². The number of hydrogen-bond acceptors (Lipinski definition) is 11. The van der Waals surface area contributed by atoms with Crippen molar-refractivity contribution in [1.82, 2.24) is 15.3 Å². The van der Waals surface area contributed by atoms with Gasteiger partial charge in [0.25, 0.3) is 5.91 Å². The number of thiazole rings is 1. The Balaban J connectivity index is 1.54. The lowest BCUT2D eigenvalue weighted by atomic mass is 10.1. The van der Waals surface area contributed by atoms with Crippen molar-refractivity contribution in [3.63, 3.8) is 0 Å². The van der Waals surface area contributed by atoms with E-state index in [2.05, 4.69) is 20.8 Å². The second-order valence-electron chi connectivity index (χ2n) is 9.63. The third-order valence-electron chi connectivity index (χ3n) is 6.61.